The third kappa shape index (κ3) is 6.52. The van der Waals surface area contributed by atoms with E-state index in [1.807, 2.05) is 0 Å². The molecule has 0 saturated heterocycles. The van der Waals surface area contributed by atoms with Crippen molar-refractivity contribution in [3.63, 3.8) is 0 Å². The average Bonchev–Trinajstić information content (AvgIpc) is 2.60. The lowest BCUT2D eigenvalue weighted by molar-refractivity contribution is -0.139. The molecule has 0 heterocycles. The number of carbonyl (C=O) groups excluding carboxylic acids is 1. The second-order valence-corrected chi connectivity index (χ2v) is 5.19. The Bertz CT molecular complexity index is 762. The molecular formula is C17H15ClN2O5. The fourth-order valence-corrected chi connectivity index (χ4v) is 1.87. The number of amides is 1. The SMILES string of the molecule is O=C(O)COc1ccccc1/C=N\NC(=O)COc1ccc(Cl)cc1. The van der Waals surface area contributed by atoms with E-state index in [2.05, 4.69) is 10.5 Å². The number of aliphatic carboxylic acids is 1. The Morgan fingerprint density at radius 3 is 2.52 bits per heavy atom. The number of nitrogens with one attached hydrogen (secondary N) is 1. The number of nitrogens with zero attached hydrogens (tertiary/aromatic N) is 1. The van der Waals surface area contributed by atoms with E-state index >= 15 is 0 Å². The molecule has 0 fully saturated rings. The molecule has 0 unspecified atom stereocenters. The molecule has 0 aliphatic rings. The van der Waals surface area contributed by atoms with Gasteiger partial charge < -0.3 is 14.6 Å². The summed E-state index contributed by atoms with van der Waals surface area (Å²) in [6.07, 6.45) is 1.36. The molecule has 25 heavy (non-hydrogen) atoms. The molecule has 0 radical (unpaired) electrons. The van der Waals surface area contributed by atoms with Crippen LogP contribution >= 0.6 is 11.6 Å². The van der Waals surface area contributed by atoms with Crippen molar-refractivity contribution in [1.29, 1.82) is 0 Å². The van der Waals surface area contributed by atoms with Crippen LogP contribution in [-0.4, -0.2) is 36.4 Å². The molecule has 8 heteroatoms. The van der Waals surface area contributed by atoms with Crippen molar-refractivity contribution in [3.8, 4) is 11.5 Å². The predicted octanol–water partition coefficient (Wildman–Crippen LogP) is 2.33. The second-order valence-electron chi connectivity index (χ2n) is 4.76. The van der Waals surface area contributed by atoms with Gasteiger partial charge in [0.05, 0.1) is 6.21 Å². The zero-order valence-corrected chi connectivity index (χ0v) is 13.8. The Hall–Kier alpha value is -3.06. The lowest BCUT2D eigenvalue weighted by atomic mass is 10.2. The zero-order chi connectivity index (χ0) is 18.1. The molecule has 130 valence electrons. The van der Waals surface area contributed by atoms with Gasteiger partial charge in [-0.2, -0.15) is 5.10 Å². The summed E-state index contributed by atoms with van der Waals surface area (Å²) in [6, 6.07) is 13.3. The van der Waals surface area contributed by atoms with Crippen LogP contribution in [0.3, 0.4) is 0 Å². The molecule has 0 bridgehead atoms. The van der Waals surface area contributed by atoms with Crippen molar-refractivity contribution in [3.05, 3.63) is 59.1 Å². The monoisotopic (exact) mass is 362 g/mol. The standard InChI is InChI=1S/C17H15ClN2O5/c18-13-5-7-14(8-6-13)24-10-16(21)20-19-9-12-3-1-2-4-15(12)25-11-17(22)23/h1-9H,10-11H2,(H,20,21)(H,22,23)/b19-9-. The summed E-state index contributed by atoms with van der Waals surface area (Å²) in [7, 11) is 0. The molecule has 0 spiro atoms. The summed E-state index contributed by atoms with van der Waals surface area (Å²) in [5.41, 5.74) is 2.84. The minimum Gasteiger partial charge on any atom is -0.484 e. The lowest BCUT2D eigenvalue weighted by Gasteiger charge is -2.06. The van der Waals surface area contributed by atoms with Crippen molar-refractivity contribution in [1.82, 2.24) is 5.43 Å². The van der Waals surface area contributed by atoms with Crippen LogP contribution in [0.5, 0.6) is 11.5 Å². The number of ether oxygens (including phenoxy) is 2. The summed E-state index contributed by atoms with van der Waals surface area (Å²) in [6.45, 7) is -0.678. The van der Waals surface area contributed by atoms with E-state index in [1.165, 1.54) is 6.21 Å². The largest absolute Gasteiger partial charge is 0.484 e. The number of hydrazone groups is 1. The second kappa shape index (κ2) is 9.29. The number of hydrogen-bond acceptors (Lipinski definition) is 5. The lowest BCUT2D eigenvalue weighted by Crippen LogP contribution is -2.24. The van der Waals surface area contributed by atoms with E-state index < -0.39 is 18.5 Å². The van der Waals surface area contributed by atoms with Gasteiger partial charge in [0.1, 0.15) is 11.5 Å². The van der Waals surface area contributed by atoms with Gasteiger partial charge in [-0.1, -0.05) is 23.7 Å². The van der Waals surface area contributed by atoms with Crippen molar-refractivity contribution < 1.29 is 24.2 Å². The highest BCUT2D eigenvalue weighted by Crippen LogP contribution is 2.16. The summed E-state index contributed by atoms with van der Waals surface area (Å²) < 4.78 is 10.4. The Morgan fingerprint density at radius 1 is 1.08 bits per heavy atom. The maximum Gasteiger partial charge on any atom is 0.341 e. The van der Waals surface area contributed by atoms with Crippen molar-refractivity contribution in [2.24, 2.45) is 5.10 Å². The molecule has 2 N–H and O–H groups in total. The quantitative estimate of drug-likeness (QED) is 0.555. The predicted molar refractivity (Wildman–Crippen MR) is 92.3 cm³/mol. The number of benzene rings is 2. The molecule has 0 saturated carbocycles. The first-order valence-electron chi connectivity index (χ1n) is 7.18. The molecule has 1 amide bonds. The number of carboxylic acid groups (broad SMARTS) is 1. The van der Waals surface area contributed by atoms with E-state index in [9.17, 15) is 9.59 Å². The molecule has 2 aromatic rings. The van der Waals surface area contributed by atoms with Crippen LogP contribution in [0.25, 0.3) is 0 Å². The first kappa shape index (κ1) is 18.3. The first-order chi connectivity index (χ1) is 12.0. The van der Waals surface area contributed by atoms with Gasteiger partial charge in [-0.05, 0) is 36.4 Å². The smallest absolute Gasteiger partial charge is 0.341 e. The Labute approximate surface area is 148 Å². The minimum absolute atomic E-state index is 0.212. The third-order valence-electron chi connectivity index (χ3n) is 2.85. The van der Waals surface area contributed by atoms with Crippen molar-refractivity contribution >= 4 is 29.7 Å². The van der Waals surface area contributed by atoms with Gasteiger partial charge in [-0.3, -0.25) is 4.79 Å². The van der Waals surface area contributed by atoms with Gasteiger partial charge >= 0.3 is 5.97 Å². The number of rotatable bonds is 8. The van der Waals surface area contributed by atoms with Crippen LogP contribution < -0.4 is 14.9 Å². The van der Waals surface area contributed by atoms with Crippen molar-refractivity contribution in [2.75, 3.05) is 13.2 Å². The number of carboxylic acids is 1. The van der Waals surface area contributed by atoms with Crippen LogP contribution in [-0.2, 0) is 9.59 Å². The summed E-state index contributed by atoms with van der Waals surface area (Å²) in [5.74, 6) is -0.675. The normalized spacial score (nSPS) is 10.4. The molecule has 0 aromatic heterocycles. The minimum atomic E-state index is -1.08. The van der Waals surface area contributed by atoms with Crippen LogP contribution in [0.15, 0.2) is 53.6 Å². The fraction of sp³-hybridized carbons (Fsp3) is 0.118. The molecule has 0 atom stereocenters. The number of carbonyl (C=O) groups is 2. The summed E-state index contributed by atoms with van der Waals surface area (Å²) in [5, 5.41) is 13.0. The van der Waals surface area contributed by atoms with Gasteiger partial charge in [0, 0.05) is 10.6 Å². The van der Waals surface area contributed by atoms with Crippen LogP contribution in [0.4, 0.5) is 0 Å². The van der Waals surface area contributed by atoms with Crippen LogP contribution in [0, 0.1) is 0 Å². The molecule has 0 aliphatic heterocycles. The Morgan fingerprint density at radius 2 is 1.80 bits per heavy atom. The highest BCUT2D eigenvalue weighted by atomic mass is 35.5. The van der Waals surface area contributed by atoms with E-state index in [1.54, 1.807) is 48.5 Å². The van der Waals surface area contributed by atoms with Gasteiger partial charge in [0.2, 0.25) is 0 Å². The van der Waals surface area contributed by atoms with Gasteiger partial charge in [0.25, 0.3) is 5.91 Å². The highest BCUT2D eigenvalue weighted by molar-refractivity contribution is 6.30. The van der Waals surface area contributed by atoms with Crippen LogP contribution in [0.1, 0.15) is 5.56 Å². The number of hydrogen-bond donors (Lipinski definition) is 2. The molecule has 7 nitrogen and oxygen atoms in total. The van der Waals surface area contributed by atoms with Gasteiger partial charge in [0.15, 0.2) is 13.2 Å². The number of para-hydroxylation sites is 1. The Balaban J connectivity index is 1.84. The van der Waals surface area contributed by atoms with Gasteiger partial charge in [-0.25, -0.2) is 10.2 Å². The van der Waals surface area contributed by atoms with Crippen molar-refractivity contribution in [2.45, 2.75) is 0 Å². The zero-order valence-electron chi connectivity index (χ0n) is 13.0. The van der Waals surface area contributed by atoms with E-state index in [0.717, 1.165) is 0 Å². The topological polar surface area (TPSA) is 97.2 Å². The van der Waals surface area contributed by atoms with E-state index in [-0.39, 0.29) is 6.61 Å². The Kier molecular flexibility index (Phi) is 6.79. The fourth-order valence-electron chi connectivity index (χ4n) is 1.74. The maximum atomic E-state index is 11.7. The third-order valence-corrected chi connectivity index (χ3v) is 3.10. The van der Waals surface area contributed by atoms with Crippen LogP contribution in [0.2, 0.25) is 5.02 Å². The van der Waals surface area contributed by atoms with Gasteiger partial charge in [-0.15, -0.1) is 0 Å². The highest BCUT2D eigenvalue weighted by Gasteiger charge is 2.04. The maximum absolute atomic E-state index is 11.7. The molecule has 2 rings (SSSR count). The molecule has 2 aromatic carbocycles. The summed E-state index contributed by atoms with van der Waals surface area (Å²) in [4.78, 5) is 22.2. The first-order valence-corrected chi connectivity index (χ1v) is 7.56. The molecule has 0 aliphatic carbocycles. The van der Waals surface area contributed by atoms with E-state index in [0.29, 0.717) is 22.1 Å². The average molecular weight is 363 g/mol. The number of halogens is 1. The van der Waals surface area contributed by atoms with E-state index in [4.69, 9.17) is 26.2 Å². The molecular weight excluding hydrogens is 348 g/mol. The summed E-state index contributed by atoms with van der Waals surface area (Å²) >= 11 is 5.76.